The number of alkyl halides is 2. The van der Waals surface area contributed by atoms with E-state index in [9.17, 15) is 13.9 Å². The third-order valence-corrected chi connectivity index (χ3v) is 1.63. The Bertz CT molecular complexity index is 387. The van der Waals surface area contributed by atoms with E-state index in [2.05, 4.69) is 4.98 Å². The lowest BCUT2D eigenvalue weighted by Crippen LogP contribution is -2.05. The van der Waals surface area contributed by atoms with Crippen LogP contribution in [0.25, 0.3) is 0 Å². The fourth-order valence-electron chi connectivity index (χ4n) is 0.963. The first-order valence-corrected chi connectivity index (χ1v) is 3.71. The highest BCUT2D eigenvalue weighted by molar-refractivity contribution is 5.42. The predicted octanol–water partition coefficient (Wildman–Crippen LogP) is 1.06. The van der Waals surface area contributed by atoms with Gasteiger partial charge in [-0.3, -0.25) is 0 Å². The van der Waals surface area contributed by atoms with E-state index in [1.807, 2.05) is 0 Å². The zero-order valence-corrected chi connectivity index (χ0v) is 7.04. The number of nitriles is 1. The average molecular weight is 199 g/mol. The van der Waals surface area contributed by atoms with Gasteiger partial charge in [0.1, 0.15) is 17.5 Å². The van der Waals surface area contributed by atoms with Crippen molar-refractivity contribution >= 4 is 0 Å². The van der Waals surface area contributed by atoms with Crippen LogP contribution in [-0.4, -0.2) is 10.1 Å². The number of aromatic hydroxyl groups is 1. The maximum atomic E-state index is 12.3. The summed E-state index contributed by atoms with van der Waals surface area (Å²) >= 11 is 0. The number of pyridine rings is 1. The second-order valence-corrected chi connectivity index (χ2v) is 2.50. The van der Waals surface area contributed by atoms with E-state index in [0.717, 1.165) is 6.07 Å². The number of hydrogen-bond donors (Lipinski definition) is 2. The third-order valence-electron chi connectivity index (χ3n) is 1.63. The van der Waals surface area contributed by atoms with Crippen molar-refractivity contribution in [2.24, 2.45) is 5.73 Å². The van der Waals surface area contributed by atoms with Crippen LogP contribution in [0.2, 0.25) is 0 Å². The van der Waals surface area contributed by atoms with Crippen LogP contribution in [0.3, 0.4) is 0 Å². The third kappa shape index (κ3) is 1.78. The highest BCUT2D eigenvalue weighted by Gasteiger charge is 2.17. The van der Waals surface area contributed by atoms with Gasteiger partial charge in [-0.05, 0) is 0 Å². The molecular formula is C8H7F2N3O. The van der Waals surface area contributed by atoms with Gasteiger partial charge in [-0.25, -0.2) is 13.8 Å². The van der Waals surface area contributed by atoms with E-state index >= 15 is 0 Å². The van der Waals surface area contributed by atoms with Gasteiger partial charge in [0.15, 0.2) is 0 Å². The van der Waals surface area contributed by atoms with E-state index in [0.29, 0.717) is 0 Å². The zero-order valence-electron chi connectivity index (χ0n) is 7.04. The number of nitrogens with zero attached hydrogens (tertiary/aromatic N) is 2. The summed E-state index contributed by atoms with van der Waals surface area (Å²) in [5.41, 5.74) is 4.13. The highest BCUT2D eigenvalue weighted by Crippen LogP contribution is 2.25. The van der Waals surface area contributed by atoms with Crippen LogP contribution in [0.4, 0.5) is 8.78 Å². The summed E-state index contributed by atoms with van der Waals surface area (Å²) in [4.78, 5) is 3.41. The van der Waals surface area contributed by atoms with Crippen molar-refractivity contribution in [3.05, 3.63) is 23.0 Å². The lowest BCUT2D eigenvalue weighted by Gasteiger charge is -2.06. The molecule has 0 atom stereocenters. The first-order valence-electron chi connectivity index (χ1n) is 3.71. The fraction of sp³-hybridized carbons (Fsp3) is 0.250. The van der Waals surface area contributed by atoms with Gasteiger partial charge in [-0.15, -0.1) is 0 Å². The van der Waals surface area contributed by atoms with Crippen LogP contribution in [0.1, 0.15) is 23.4 Å². The summed E-state index contributed by atoms with van der Waals surface area (Å²) in [6, 6.07) is 2.47. The molecule has 0 aromatic carbocycles. The fourth-order valence-corrected chi connectivity index (χ4v) is 0.963. The molecule has 1 aromatic heterocycles. The van der Waals surface area contributed by atoms with E-state index < -0.39 is 12.1 Å². The number of nitrogens with two attached hydrogens (primary N) is 1. The van der Waals surface area contributed by atoms with Gasteiger partial charge in [0.25, 0.3) is 6.43 Å². The minimum atomic E-state index is -2.85. The molecule has 4 nitrogen and oxygen atoms in total. The molecule has 1 rings (SSSR count). The molecule has 0 fully saturated rings. The Kier molecular flexibility index (Phi) is 2.94. The van der Waals surface area contributed by atoms with Crippen LogP contribution in [0.15, 0.2) is 6.07 Å². The van der Waals surface area contributed by atoms with Crippen molar-refractivity contribution in [2.75, 3.05) is 0 Å². The highest BCUT2D eigenvalue weighted by atomic mass is 19.3. The summed E-state index contributed by atoms with van der Waals surface area (Å²) in [7, 11) is 0. The summed E-state index contributed by atoms with van der Waals surface area (Å²) in [6.07, 6.45) is -2.85. The van der Waals surface area contributed by atoms with Crippen molar-refractivity contribution in [1.29, 1.82) is 5.26 Å². The van der Waals surface area contributed by atoms with Crippen LogP contribution in [0.5, 0.6) is 5.75 Å². The number of aromatic nitrogens is 1. The van der Waals surface area contributed by atoms with Crippen LogP contribution in [0, 0.1) is 11.3 Å². The Morgan fingerprint density at radius 1 is 1.64 bits per heavy atom. The smallest absolute Gasteiger partial charge is 0.281 e. The van der Waals surface area contributed by atoms with E-state index in [-0.39, 0.29) is 23.6 Å². The lowest BCUT2D eigenvalue weighted by molar-refractivity contribution is 0.145. The van der Waals surface area contributed by atoms with Gasteiger partial charge in [0, 0.05) is 12.6 Å². The Hall–Kier alpha value is -1.74. The molecule has 3 N–H and O–H groups in total. The molecule has 0 aliphatic rings. The first-order chi connectivity index (χ1) is 6.60. The molecule has 1 heterocycles. The SMILES string of the molecule is N#Cc1cc(O)c(CN)nc1C(F)F. The Morgan fingerprint density at radius 2 is 2.29 bits per heavy atom. The largest absolute Gasteiger partial charge is 0.506 e. The molecule has 0 amide bonds. The van der Waals surface area contributed by atoms with Gasteiger partial charge >= 0.3 is 0 Å². The molecule has 74 valence electrons. The van der Waals surface area contributed by atoms with Crippen LogP contribution >= 0.6 is 0 Å². The Morgan fingerprint density at radius 3 is 2.71 bits per heavy atom. The molecule has 0 unspecified atom stereocenters. The lowest BCUT2D eigenvalue weighted by atomic mass is 10.1. The number of hydrogen-bond acceptors (Lipinski definition) is 4. The summed E-state index contributed by atoms with van der Waals surface area (Å²) in [6.45, 7) is -0.155. The molecule has 0 saturated carbocycles. The predicted molar refractivity (Wildman–Crippen MR) is 43.5 cm³/mol. The van der Waals surface area contributed by atoms with E-state index in [4.69, 9.17) is 11.0 Å². The molecule has 0 radical (unpaired) electrons. The maximum Gasteiger partial charge on any atom is 0.281 e. The average Bonchev–Trinajstić information content (AvgIpc) is 2.16. The topological polar surface area (TPSA) is 82.9 Å². The number of halogens is 2. The second-order valence-electron chi connectivity index (χ2n) is 2.50. The Labute approximate surface area is 78.6 Å². The molecule has 14 heavy (non-hydrogen) atoms. The van der Waals surface area contributed by atoms with Crippen LogP contribution in [-0.2, 0) is 6.54 Å². The van der Waals surface area contributed by atoms with Crippen molar-refractivity contribution in [3.8, 4) is 11.8 Å². The molecular weight excluding hydrogens is 192 g/mol. The van der Waals surface area contributed by atoms with Crippen molar-refractivity contribution < 1.29 is 13.9 Å². The molecule has 0 spiro atoms. The zero-order chi connectivity index (χ0) is 10.7. The summed E-state index contributed by atoms with van der Waals surface area (Å²) in [5.74, 6) is -0.339. The summed E-state index contributed by atoms with van der Waals surface area (Å²) in [5, 5.41) is 17.7. The quantitative estimate of drug-likeness (QED) is 0.745. The van der Waals surface area contributed by atoms with E-state index in [1.54, 1.807) is 0 Å². The van der Waals surface area contributed by atoms with Gasteiger partial charge in [0.2, 0.25) is 0 Å². The molecule has 6 heteroatoms. The first kappa shape index (κ1) is 10.3. The standard InChI is InChI=1S/C8H7F2N3O/c9-8(10)7-4(2-11)1-6(14)5(3-12)13-7/h1,8,14H,3,12H2. The minimum Gasteiger partial charge on any atom is -0.506 e. The number of rotatable bonds is 2. The maximum absolute atomic E-state index is 12.3. The molecule has 0 aliphatic carbocycles. The van der Waals surface area contributed by atoms with Gasteiger partial charge in [-0.2, -0.15) is 5.26 Å². The van der Waals surface area contributed by atoms with E-state index in [1.165, 1.54) is 6.07 Å². The molecule has 1 aromatic rings. The van der Waals surface area contributed by atoms with Crippen molar-refractivity contribution in [2.45, 2.75) is 13.0 Å². The second kappa shape index (κ2) is 3.98. The van der Waals surface area contributed by atoms with Crippen molar-refractivity contribution in [1.82, 2.24) is 4.98 Å². The van der Waals surface area contributed by atoms with Gasteiger partial charge < -0.3 is 10.8 Å². The monoisotopic (exact) mass is 199 g/mol. The normalized spacial score (nSPS) is 10.2. The van der Waals surface area contributed by atoms with Crippen LogP contribution < -0.4 is 5.73 Å². The Balaban J connectivity index is 3.34. The molecule has 0 bridgehead atoms. The van der Waals surface area contributed by atoms with Gasteiger partial charge in [-0.1, -0.05) is 0 Å². The molecule has 0 saturated heterocycles. The molecule has 0 aliphatic heterocycles. The van der Waals surface area contributed by atoms with Crippen molar-refractivity contribution in [3.63, 3.8) is 0 Å². The minimum absolute atomic E-state index is 0.0423. The summed E-state index contributed by atoms with van der Waals surface area (Å²) < 4.78 is 24.7. The van der Waals surface area contributed by atoms with Gasteiger partial charge in [0.05, 0.1) is 11.3 Å².